The molecule has 2 fully saturated rings. The van der Waals surface area contributed by atoms with Crippen LogP contribution in [0.5, 0.6) is 0 Å². The highest BCUT2D eigenvalue weighted by Gasteiger charge is 2.49. The molecule has 1 N–H and O–H groups in total. The topological polar surface area (TPSA) is 58.6 Å². The number of anilines is 1. The van der Waals surface area contributed by atoms with Crippen LogP contribution in [0.2, 0.25) is 5.02 Å². The molecule has 7 heteroatoms. The summed E-state index contributed by atoms with van der Waals surface area (Å²) < 4.78 is 5.86. The molecule has 2 bridgehead atoms. The van der Waals surface area contributed by atoms with Gasteiger partial charge in [0.25, 0.3) is 0 Å². The van der Waals surface area contributed by atoms with Gasteiger partial charge in [-0.15, -0.1) is 0 Å². The summed E-state index contributed by atoms with van der Waals surface area (Å²) in [7, 11) is 2.19. The normalized spacial score (nSPS) is 22.0. The van der Waals surface area contributed by atoms with Crippen LogP contribution in [-0.4, -0.2) is 48.3 Å². The second-order valence-electron chi connectivity index (χ2n) is 11.8. The van der Waals surface area contributed by atoms with Crippen LogP contribution in [0, 0.1) is 5.92 Å². The molecule has 0 aliphatic carbocycles. The summed E-state index contributed by atoms with van der Waals surface area (Å²) in [6.07, 6.45) is 13.9. The monoisotopic (exact) mass is 598 g/mol. The lowest BCUT2D eigenvalue weighted by Crippen LogP contribution is -2.48. The Bertz CT molecular complexity index is 1090. The van der Waals surface area contributed by atoms with Crippen molar-refractivity contribution in [3.63, 3.8) is 0 Å². The number of benzene rings is 2. The zero-order chi connectivity index (χ0) is 29.0. The third kappa shape index (κ3) is 9.49. The van der Waals surface area contributed by atoms with Gasteiger partial charge in [-0.3, -0.25) is 14.5 Å². The first-order chi connectivity index (χ1) is 20.0. The number of fused-ring (bicyclic) bond motifs is 2. The Morgan fingerprint density at radius 2 is 1.59 bits per heavy atom. The highest BCUT2D eigenvalue weighted by atomic mass is 35.5. The zero-order valence-corrected chi connectivity index (χ0v) is 26.2. The van der Waals surface area contributed by atoms with Gasteiger partial charge < -0.3 is 10.1 Å². The van der Waals surface area contributed by atoms with Crippen molar-refractivity contribution in [1.29, 1.82) is 0 Å². The van der Waals surface area contributed by atoms with Gasteiger partial charge in [-0.1, -0.05) is 74.4 Å². The largest absolute Gasteiger partial charge is 0.465 e. The maximum absolute atomic E-state index is 13.3. The van der Waals surface area contributed by atoms with E-state index in [1.807, 2.05) is 36.4 Å². The van der Waals surface area contributed by atoms with Gasteiger partial charge in [-0.05, 0) is 80.3 Å². The average Bonchev–Trinajstić information content (AvgIpc) is 3.19. The minimum atomic E-state index is -0.134. The molecule has 5 nitrogen and oxygen atoms in total. The Balaban J connectivity index is 1.17. The van der Waals surface area contributed by atoms with E-state index in [-0.39, 0.29) is 23.7 Å². The molecule has 1 amide bonds. The van der Waals surface area contributed by atoms with Crippen molar-refractivity contribution < 1.29 is 14.3 Å². The Kier molecular flexibility index (Phi) is 12.9. The van der Waals surface area contributed by atoms with Crippen LogP contribution in [0.25, 0.3) is 0 Å². The van der Waals surface area contributed by atoms with Crippen molar-refractivity contribution in [3.8, 4) is 0 Å². The maximum Gasteiger partial charge on any atom is 0.309 e. The van der Waals surface area contributed by atoms with Crippen LogP contribution in [0.3, 0.4) is 0 Å². The smallest absolute Gasteiger partial charge is 0.309 e. The van der Waals surface area contributed by atoms with E-state index in [9.17, 15) is 9.59 Å². The van der Waals surface area contributed by atoms with Gasteiger partial charge in [0.15, 0.2) is 0 Å². The molecule has 0 aromatic heterocycles. The van der Waals surface area contributed by atoms with Crippen molar-refractivity contribution >= 4 is 41.8 Å². The number of halogens is 1. The van der Waals surface area contributed by atoms with Gasteiger partial charge in [0.2, 0.25) is 5.91 Å². The number of rotatable bonds is 16. The fraction of sp³-hybridized carbons (Fsp3) is 0.588. The Labute approximate surface area is 257 Å². The summed E-state index contributed by atoms with van der Waals surface area (Å²) in [5.74, 6) is 0.958. The van der Waals surface area contributed by atoms with Crippen LogP contribution in [0.4, 0.5) is 5.69 Å². The van der Waals surface area contributed by atoms with E-state index < -0.39 is 0 Å². The van der Waals surface area contributed by atoms with Crippen LogP contribution in [0.15, 0.2) is 48.5 Å². The lowest BCUT2D eigenvalue weighted by atomic mass is 9.76. The highest BCUT2D eigenvalue weighted by Crippen LogP contribution is 2.47. The number of likely N-dealkylation sites (N-methyl/N-ethyl adjacent to an activating group) is 1. The number of thiol groups is 1. The van der Waals surface area contributed by atoms with E-state index in [1.54, 1.807) is 0 Å². The fourth-order valence-corrected chi connectivity index (χ4v) is 7.01. The number of esters is 1. The number of carbonyl (C=O) groups excluding carboxylic acids is 2. The van der Waals surface area contributed by atoms with Crippen molar-refractivity contribution in [1.82, 2.24) is 4.90 Å². The standard InChI is InChI=1S/C34H47ClN2O3S/c1-37-29-19-20-31(37)33(26-13-15-27(35)16-14-26)30(24-29)34(39)40-22-21-25-11-17-28(18-12-25)36-32(38)10-8-6-4-2-3-5-7-9-23-41/h11-18,29-31,33,41H,2-10,19-24H2,1H3,(H,36,38)/t29-,30?,31-,33?/m0/s1. The van der Waals surface area contributed by atoms with Crippen LogP contribution >= 0.6 is 24.2 Å². The summed E-state index contributed by atoms with van der Waals surface area (Å²) in [6, 6.07) is 16.6. The van der Waals surface area contributed by atoms with E-state index in [0.717, 1.165) is 49.1 Å². The molecule has 2 unspecified atom stereocenters. The fourth-order valence-electron chi connectivity index (χ4n) is 6.66. The molecule has 2 aliphatic rings. The molecule has 2 heterocycles. The maximum atomic E-state index is 13.3. The Morgan fingerprint density at radius 3 is 2.27 bits per heavy atom. The molecular weight excluding hydrogens is 552 g/mol. The number of hydrogen-bond donors (Lipinski definition) is 2. The predicted octanol–water partition coefficient (Wildman–Crippen LogP) is 8.07. The molecule has 41 heavy (non-hydrogen) atoms. The third-order valence-corrected chi connectivity index (χ3v) is 9.58. The molecular formula is C34H47ClN2O3S. The van der Waals surface area contributed by atoms with E-state index in [2.05, 4.69) is 42.0 Å². The number of nitrogens with zero attached hydrogens (tertiary/aromatic N) is 1. The summed E-state index contributed by atoms with van der Waals surface area (Å²) in [5.41, 5.74) is 3.07. The van der Waals surface area contributed by atoms with Gasteiger partial charge in [0, 0.05) is 41.6 Å². The first-order valence-corrected chi connectivity index (χ1v) is 16.6. The van der Waals surface area contributed by atoms with Gasteiger partial charge >= 0.3 is 5.97 Å². The Hall–Kier alpha value is -2.02. The molecule has 0 saturated carbocycles. The highest BCUT2D eigenvalue weighted by molar-refractivity contribution is 7.80. The minimum absolute atomic E-state index is 0.0720. The number of unbranched alkanes of at least 4 members (excludes halogenated alkanes) is 7. The second-order valence-corrected chi connectivity index (χ2v) is 12.7. The number of amides is 1. The van der Waals surface area contributed by atoms with E-state index in [0.29, 0.717) is 36.6 Å². The molecule has 0 radical (unpaired) electrons. The number of nitrogens with one attached hydrogen (secondary N) is 1. The molecule has 4 atom stereocenters. The first-order valence-electron chi connectivity index (χ1n) is 15.6. The van der Waals surface area contributed by atoms with E-state index in [4.69, 9.17) is 16.3 Å². The van der Waals surface area contributed by atoms with Crippen molar-refractivity contribution in [2.75, 3.05) is 24.7 Å². The van der Waals surface area contributed by atoms with Gasteiger partial charge in [-0.2, -0.15) is 12.6 Å². The van der Waals surface area contributed by atoms with E-state index >= 15 is 0 Å². The van der Waals surface area contributed by atoms with Gasteiger partial charge in [0.05, 0.1) is 12.5 Å². The third-order valence-electron chi connectivity index (χ3n) is 9.01. The minimum Gasteiger partial charge on any atom is -0.465 e. The summed E-state index contributed by atoms with van der Waals surface area (Å²) in [4.78, 5) is 28.1. The summed E-state index contributed by atoms with van der Waals surface area (Å²) in [5, 5.41) is 3.72. The first kappa shape index (κ1) is 31.9. The molecule has 2 saturated heterocycles. The predicted molar refractivity (Wildman–Crippen MR) is 172 cm³/mol. The van der Waals surface area contributed by atoms with Gasteiger partial charge in [-0.25, -0.2) is 0 Å². The molecule has 2 aliphatic heterocycles. The number of piperidine rings is 1. The average molecular weight is 599 g/mol. The number of hydrogen-bond acceptors (Lipinski definition) is 5. The van der Waals surface area contributed by atoms with Crippen LogP contribution in [-0.2, 0) is 20.7 Å². The molecule has 2 aromatic rings. The van der Waals surface area contributed by atoms with Crippen LogP contribution in [0.1, 0.15) is 94.1 Å². The molecule has 224 valence electrons. The van der Waals surface area contributed by atoms with Crippen molar-refractivity contribution in [2.45, 2.75) is 101 Å². The summed E-state index contributed by atoms with van der Waals surface area (Å²) in [6.45, 7) is 0.356. The lowest BCUT2D eigenvalue weighted by Gasteiger charge is -2.42. The lowest BCUT2D eigenvalue weighted by molar-refractivity contribution is -0.152. The van der Waals surface area contributed by atoms with Crippen molar-refractivity contribution in [3.05, 3.63) is 64.7 Å². The number of ether oxygens (including phenoxy) is 1. The second kappa shape index (κ2) is 16.6. The van der Waals surface area contributed by atoms with Gasteiger partial charge in [0.1, 0.15) is 0 Å². The Morgan fingerprint density at radius 1 is 0.927 bits per heavy atom. The molecule has 0 spiro atoms. The zero-order valence-electron chi connectivity index (χ0n) is 24.5. The van der Waals surface area contributed by atoms with Crippen LogP contribution < -0.4 is 5.32 Å². The molecule has 4 rings (SSSR count). The quantitative estimate of drug-likeness (QED) is 0.116. The van der Waals surface area contributed by atoms with Crippen molar-refractivity contribution in [2.24, 2.45) is 5.92 Å². The van der Waals surface area contributed by atoms with E-state index in [1.165, 1.54) is 44.1 Å². The number of carbonyl (C=O) groups is 2. The molecule has 2 aromatic carbocycles. The summed E-state index contributed by atoms with van der Waals surface area (Å²) >= 11 is 10.4. The SMILES string of the molecule is CN1[C@H]2CC[C@H]1C(c1ccc(Cl)cc1)C(C(=O)OCCc1ccc(NC(=O)CCCCCCCCCCS)cc1)C2.